The van der Waals surface area contributed by atoms with Gasteiger partial charge in [-0.1, -0.05) is 23.7 Å². The zero-order valence-corrected chi connectivity index (χ0v) is 19.7. The lowest BCUT2D eigenvalue weighted by Gasteiger charge is -2.17. The van der Waals surface area contributed by atoms with Crippen molar-refractivity contribution in [1.82, 2.24) is 9.13 Å². The third-order valence-electron chi connectivity index (χ3n) is 5.06. The third kappa shape index (κ3) is 5.75. The van der Waals surface area contributed by atoms with Crippen LogP contribution in [0, 0.1) is 17.1 Å². The summed E-state index contributed by atoms with van der Waals surface area (Å²) in [4.78, 5) is 35.8. The molecule has 0 saturated heterocycles. The molecular weight excluding hydrogens is 526 g/mol. The van der Waals surface area contributed by atoms with Crippen molar-refractivity contribution >= 4 is 17.6 Å². The van der Waals surface area contributed by atoms with Gasteiger partial charge in [-0.2, -0.15) is 18.4 Å². The lowest BCUT2D eigenvalue weighted by Crippen LogP contribution is -2.41. The number of hydrogen-bond acceptors (Lipinski definition) is 6. The summed E-state index contributed by atoms with van der Waals surface area (Å²) >= 11 is 6.02. The van der Waals surface area contributed by atoms with E-state index in [0.29, 0.717) is 6.07 Å². The number of carboxylic acid groups (broad SMARTS) is 1. The highest BCUT2D eigenvalue weighted by molar-refractivity contribution is 6.32. The Labute approximate surface area is 210 Å². The molecule has 37 heavy (non-hydrogen) atoms. The molecular formula is C23H16ClF4N3O6. The molecule has 0 aliphatic rings. The van der Waals surface area contributed by atoms with Gasteiger partial charge in [0, 0.05) is 24.7 Å². The molecule has 1 heterocycles. The van der Waals surface area contributed by atoms with Crippen LogP contribution in [0.4, 0.5) is 17.6 Å². The fourth-order valence-corrected chi connectivity index (χ4v) is 3.37. The van der Waals surface area contributed by atoms with E-state index in [0.717, 1.165) is 13.1 Å². The molecule has 9 nitrogen and oxygen atoms in total. The maximum atomic E-state index is 14.7. The normalized spacial score (nSPS) is 12.9. The van der Waals surface area contributed by atoms with E-state index < -0.39 is 52.8 Å². The van der Waals surface area contributed by atoms with E-state index in [4.69, 9.17) is 26.2 Å². The summed E-state index contributed by atoms with van der Waals surface area (Å²) in [5.74, 6) is -2.56. The largest absolute Gasteiger partial charge is 0.479 e. The number of hydrogen-bond donors (Lipinski definition) is 1. The molecule has 0 bridgehead atoms. The predicted molar refractivity (Wildman–Crippen MR) is 120 cm³/mol. The van der Waals surface area contributed by atoms with Crippen LogP contribution in [0.25, 0.3) is 5.69 Å². The van der Waals surface area contributed by atoms with Gasteiger partial charge in [0.15, 0.2) is 6.10 Å². The molecule has 0 aliphatic carbocycles. The van der Waals surface area contributed by atoms with Gasteiger partial charge in [-0.3, -0.25) is 9.36 Å². The monoisotopic (exact) mass is 541 g/mol. The molecule has 2 aromatic carbocycles. The Bertz CT molecular complexity index is 1510. The zero-order valence-electron chi connectivity index (χ0n) is 18.9. The molecule has 0 aliphatic heterocycles. The Morgan fingerprint density at radius 2 is 1.76 bits per heavy atom. The average Bonchev–Trinajstić information content (AvgIpc) is 2.82. The number of nitriles is 1. The number of ether oxygens (including phenoxy) is 2. The standard InChI is InChI=1S/C23H16ClF4N3O6/c1-11(21(33)34)36-13-5-3-12(4-6-13)18(10-29)37-17-8-16(15(25)7-14(17)24)31-20(32)9-19(23(26,27)28)30(2)22(31)35/h3-9,11,18H,1-2H3,(H,33,34). The Kier molecular flexibility index (Phi) is 7.63. The molecule has 0 spiro atoms. The van der Waals surface area contributed by atoms with E-state index in [1.54, 1.807) is 0 Å². The van der Waals surface area contributed by atoms with Gasteiger partial charge in [0.05, 0.1) is 10.7 Å². The SMILES string of the molecule is CC(Oc1ccc(C(C#N)Oc2cc(-n3c(=O)cc(C(F)(F)F)n(C)c3=O)c(F)cc2Cl)cc1)C(=O)O. The van der Waals surface area contributed by atoms with Crippen LogP contribution in [0.2, 0.25) is 5.02 Å². The lowest BCUT2D eigenvalue weighted by molar-refractivity contribution is -0.144. The number of alkyl halides is 3. The van der Waals surface area contributed by atoms with E-state index in [-0.39, 0.29) is 37.3 Å². The number of carbonyl (C=O) groups is 1. The quantitative estimate of drug-likeness (QED) is 0.451. The number of carboxylic acids is 1. The Hall–Kier alpha value is -4.31. The van der Waals surface area contributed by atoms with Crippen molar-refractivity contribution in [1.29, 1.82) is 5.26 Å². The van der Waals surface area contributed by atoms with E-state index >= 15 is 0 Å². The maximum absolute atomic E-state index is 14.7. The second kappa shape index (κ2) is 10.4. The van der Waals surface area contributed by atoms with Crippen LogP contribution in [-0.4, -0.2) is 26.3 Å². The summed E-state index contributed by atoms with van der Waals surface area (Å²) in [5, 5.41) is 18.1. The van der Waals surface area contributed by atoms with Crippen molar-refractivity contribution < 1.29 is 36.9 Å². The molecule has 2 unspecified atom stereocenters. The second-order valence-electron chi connectivity index (χ2n) is 7.57. The zero-order chi connectivity index (χ0) is 27.7. The van der Waals surface area contributed by atoms with Gasteiger partial charge in [-0.25, -0.2) is 18.5 Å². The predicted octanol–water partition coefficient (Wildman–Crippen LogP) is 3.84. The fourth-order valence-electron chi connectivity index (χ4n) is 3.17. The number of halogens is 5. The number of rotatable bonds is 7. The highest BCUT2D eigenvalue weighted by Gasteiger charge is 2.35. The average molecular weight is 542 g/mol. The third-order valence-corrected chi connectivity index (χ3v) is 5.35. The summed E-state index contributed by atoms with van der Waals surface area (Å²) < 4.78 is 65.1. The first-order valence-electron chi connectivity index (χ1n) is 10.2. The number of aromatic nitrogens is 2. The molecule has 194 valence electrons. The molecule has 2 atom stereocenters. The van der Waals surface area contributed by atoms with Crippen molar-refractivity contribution in [3.05, 3.63) is 85.4 Å². The Morgan fingerprint density at radius 1 is 1.14 bits per heavy atom. The van der Waals surface area contributed by atoms with Crippen molar-refractivity contribution in [2.24, 2.45) is 7.05 Å². The molecule has 3 aromatic rings. The summed E-state index contributed by atoms with van der Waals surface area (Å²) in [5.41, 5.74) is -4.95. The summed E-state index contributed by atoms with van der Waals surface area (Å²) in [7, 11) is 0.766. The van der Waals surface area contributed by atoms with Crippen molar-refractivity contribution in [3.8, 4) is 23.3 Å². The van der Waals surface area contributed by atoms with Gasteiger partial charge in [-0.15, -0.1) is 0 Å². The molecule has 0 radical (unpaired) electrons. The van der Waals surface area contributed by atoms with Crippen LogP contribution >= 0.6 is 11.6 Å². The first kappa shape index (κ1) is 27.3. The smallest absolute Gasteiger partial charge is 0.431 e. The van der Waals surface area contributed by atoms with E-state index in [9.17, 15) is 37.2 Å². The summed E-state index contributed by atoms with van der Waals surface area (Å²) in [6, 6.07) is 9.01. The van der Waals surface area contributed by atoms with Gasteiger partial charge in [0.2, 0.25) is 6.10 Å². The fraction of sp³-hybridized carbons (Fsp3) is 0.217. The lowest BCUT2D eigenvalue weighted by atomic mass is 10.1. The molecule has 0 amide bonds. The first-order chi connectivity index (χ1) is 17.2. The van der Waals surface area contributed by atoms with Gasteiger partial charge in [-0.05, 0) is 25.1 Å². The highest BCUT2D eigenvalue weighted by Crippen LogP contribution is 2.33. The summed E-state index contributed by atoms with van der Waals surface area (Å²) in [6.45, 7) is 1.32. The Balaban J connectivity index is 2.00. The second-order valence-corrected chi connectivity index (χ2v) is 7.98. The highest BCUT2D eigenvalue weighted by atomic mass is 35.5. The van der Waals surface area contributed by atoms with Crippen LogP contribution in [0.1, 0.15) is 24.3 Å². The van der Waals surface area contributed by atoms with Gasteiger partial charge < -0.3 is 14.6 Å². The molecule has 0 saturated carbocycles. The minimum absolute atomic E-state index is 0.142. The van der Waals surface area contributed by atoms with Crippen LogP contribution in [0.3, 0.4) is 0 Å². The number of benzene rings is 2. The van der Waals surface area contributed by atoms with Crippen molar-refractivity contribution in [3.63, 3.8) is 0 Å². The van der Waals surface area contributed by atoms with E-state index in [1.165, 1.54) is 31.2 Å². The number of nitrogens with zero attached hydrogens (tertiary/aromatic N) is 3. The molecule has 1 aromatic heterocycles. The van der Waals surface area contributed by atoms with Gasteiger partial charge in [0.1, 0.15) is 29.1 Å². The molecule has 0 fully saturated rings. The van der Waals surface area contributed by atoms with E-state index in [1.807, 2.05) is 6.07 Å². The van der Waals surface area contributed by atoms with Crippen molar-refractivity contribution in [2.45, 2.75) is 25.3 Å². The maximum Gasteiger partial charge on any atom is 0.431 e. The number of aliphatic carboxylic acids is 1. The minimum atomic E-state index is -5.01. The van der Waals surface area contributed by atoms with E-state index in [2.05, 4.69) is 0 Å². The van der Waals surface area contributed by atoms with Crippen LogP contribution in [0.5, 0.6) is 11.5 Å². The van der Waals surface area contributed by atoms with Gasteiger partial charge in [0.25, 0.3) is 5.56 Å². The Morgan fingerprint density at radius 3 is 2.30 bits per heavy atom. The molecule has 14 heteroatoms. The summed E-state index contributed by atoms with van der Waals surface area (Å²) in [6.07, 6.45) is -7.49. The van der Waals surface area contributed by atoms with Gasteiger partial charge >= 0.3 is 17.8 Å². The van der Waals surface area contributed by atoms with Crippen molar-refractivity contribution in [2.75, 3.05) is 0 Å². The van der Waals surface area contributed by atoms with Crippen LogP contribution in [0.15, 0.2) is 52.1 Å². The molecule has 1 N–H and O–H groups in total. The first-order valence-corrected chi connectivity index (χ1v) is 10.6. The van der Waals surface area contributed by atoms with Crippen LogP contribution in [-0.2, 0) is 18.0 Å². The minimum Gasteiger partial charge on any atom is -0.479 e. The molecule has 3 rings (SSSR count). The topological polar surface area (TPSA) is 124 Å². The van der Waals surface area contributed by atoms with Crippen LogP contribution < -0.4 is 20.7 Å².